The van der Waals surface area contributed by atoms with Crippen molar-refractivity contribution in [2.75, 3.05) is 6.54 Å². The lowest BCUT2D eigenvalue weighted by Gasteiger charge is -1.94. The summed E-state index contributed by atoms with van der Waals surface area (Å²) in [6, 6.07) is 6.07. The number of aryl methyl sites for hydroxylation is 1. The molecule has 0 radical (unpaired) electrons. The van der Waals surface area contributed by atoms with E-state index >= 15 is 0 Å². The number of benzene rings is 1. The topological polar surface area (TPSA) is 69.9 Å². The van der Waals surface area contributed by atoms with Crippen molar-refractivity contribution >= 4 is 11.1 Å². The summed E-state index contributed by atoms with van der Waals surface area (Å²) in [6.45, 7) is 3.45. The molecule has 0 fully saturated rings. The van der Waals surface area contributed by atoms with E-state index in [4.69, 9.17) is 10.2 Å². The molecule has 2 N–H and O–H groups in total. The highest BCUT2D eigenvalue weighted by Crippen LogP contribution is 2.23. The molecular weight excluding hydrogens is 240 g/mol. The molecule has 5 heteroatoms. The van der Waals surface area contributed by atoms with Gasteiger partial charge in [-0.3, -0.25) is 0 Å². The highest BCUT2D eigenvalue weighted by Gasteiger charge is 2.11. The Morgan fingerprint density at radius 2 is 2.26 bits per heavy atom. The van der Waals surface area contributed by atoms with Gasteiger partial charge in [0.1, 0.15) is 11.2 Å². The van der Waals surface area contributed by atoms with Crippen LogP contribution in [0, 0.1) is 0 Å². The molecule has 5 nitrogen and oxygen atoms in total. The Kier molecular flexibility index (Phi) is 3.05. The summed E-state index contributed by atoms with van der Waals surface area (Å²) in [4.78, 5) is 8.79. The van der Waals surface area contributed by atoms with Crippen LogP contribution in [0.3, 0.4) is 0 Å². The van der Waals surface area contributed by atoms with Crippen LogP contribution in [0.15, 0.2) is 35.1 Å². The number of fused-ring (bicyclic) bond motifs is 1. The maximum Gasteiger partial charge on any atom is 0.247 e. The summed E-state index contributed by atoms with van der Waals surface area (Å²) in [5, 5.41) is 0. The summed E-state index contributed by atoms with van der Waals surface area (Å²) in [5.41, 5.74) is 9.17. The van der Waals surface area contributed by atoms with Gasteiger partial charge >= 0.3 is 0 Å². The van der Waals surface area contributed by atoms with Crippen molar-refractivity contribution in [3.63, 3.8) is 0 Å². The minimum absolute atomic E-state index is 0.555. The van der Waals surface area contributed by atoms with Crippen LogP contribution in [0.25, 0.3) is 22.7 Å². The smallest absolute Gasteiger partial charge is 0.247 e. The first-order valence-corrected chi connectivity index (χ1v) is 6.42. The van der Waals surface area contributed by atoms with Crippen LogP contribution < -0.4 is 5.73 Å². The van der Waals surface area contributed by atoms with Crippen molar-refractivity contribution in [3.8, 4) is 11.6 Å². The lowest BCUT2D eigenvalue weighted by molar-refractivity contribution is 0.617. The third-order valence-corrected chi connectivity index (χ3v) is 3.10. The maximum absolute atomic E-state index is 5.73. The van der Waals surface area contributed by atoms with E-state index in [1.54, 1.807) is 6.33 Å². The van der Waals surface area contributed by atoms with Crippen LogP contribution in [0.1, 0.15) is 12.5 Å². The number of imidazole rings is 1. The van der Waals surface area contributed by atoms with E-state index in [0.29, 0.717) is 12.4 Å². The van der Waals surface area contributed by atoms with Gasteiger partial charge in [0.25, 0.3) is 0 Å². The Hall–Kier alpha value is -2.14. The van der Waals surface area contributed by atoms with Crippen LogP contribution in [0.5, 0.6) is 0 Å². The fraction of sp³-hybridized carbons (Fsp3) is 0.286. The van der Waals surface area contributed by atoms with Crippen LogP contribution in [0.4, 0.5) is 0 Å². The zero-order valence-corrected chi connectivity index (χ0v) is 10.8. The standard InChI is InChI=1S/C14H16N4O/c1-2-10-3-4-13-11(7-10)17-14(19-13)12-8-18(6-5-15)9-16-12/h3-4,7-9H,2,5-6,15H2,1H3. The minimum atomic E-state index is 0.555. The van der Waals surface area contributed by atoms with Gasteiger partial charge in [-0.1, -0.05) is 13.0 Å². The van der Waals surface area contributed by atoms with E-state index < -0.39 is 0 Å². The second-order valence-electron chi connectivity index (χ2n) is 4.46. The summed E-state index contributed by atoms with van der Waals surface area (Å²) in [7, 11) is 0. The molecule has 3 aromatic rings. The monoisotopic (exact) mass is 256 g/mol. The predicted molar refractivity (Wildman–Crippen MR) is 73.7 cm³/mol. The highest BCUT2D eigenvalue weighted by atomic mass is 16.3. The van der Waals surface area contributed by atoms with Gasteiger partial charge in [-0.2, -0.15) is 0 Å². The van der Waals surface area contributed by atoms with Gasteiger partial charge in [-0.05, 0) is 24.1 Å². The van der Waals surface area contributed by atoms with Crippen molar-refractivity contribution in [2.24, 2.45) is 5.73 Å². The van der Waals surface area contributed by atoms with Gasteiger partial charge in [0.2, 0.25) is 5.89 Å². The highest BCUT2D eigenvalue weighted by molar-refractivity contribution is 5.76. The van der Waals surface area contributed by atoms with Gasteiger partial charge in [-0.25, -0.2) is 9.97 Å². The van der Waals surface area contributed by atoms with Gasteiger partial charge in [0.05, 0.1) is 6.33 Å². The molecule has 0 unspecified atom stereocenters. The SMILES string of the molecule is CCc1ccc2oc(-c3cn(CCN)cn3)nc2c1. The Morgan fingerprint density at radius 1 is 1.37 bits per heavy atom. The average Bonchev–Trinajstić information content (AvgIpc) is 3.03. The summed E-state index contributed by atoms with van der Waals surface area (Å²) >= 11 is 0. The van der Waals surface area contributed by atoms with Gasteiger partial charge in [-0.15, -0.1) is 0 Å². The molecule has 0 saturated heterocycles. The van der Waals surface area contributed by atoms with Crippen molar-refractivity contribution in [1.29, 1.82) is 0 Å². The Bertz CT molecular complexity index is 698. The molecule has 0 aliphatic heterocycles. The normalized spacial score (nSPS) is 11.3. The maximum atomic E-state index is 5.73. The summed E-state index contributed by atoms with van der Waals surface area (Å²) < 4.78 is 7.66. The number of hydrogen-bond donors (Lipinski definition) is 1. The van der Waals surface area contributed by atoms with Crippen molar-refractivity contribution in [3.05, 3.63) is 36.3 Å². The number of aromatic nitrogens is 3. The predicted octanol–water partition coefficient (Wildman–Crippen LogP) is 2.21. The van der Waals surface area contributed by atoms with E-state index in [0.717, 1.165) is 29.8 Å². The van der Waals surface area contributed by atoms with Gasteiger partial charge in [0.15, 0.2) is 5.58 Å². The summed E-state index contributed by atoms with van der Waals surface area (Å²) in [5.74, 6) is 0.555. The molecular formula is C14H16N4O. The number of nitrogens with zero attached hydrogens (tertiary/aromatic N) is 3. The second kappa shape index (κ2) is 4.85. The van der Waals surface area contributed by atoms with Crippen LogP contribution >= 0.6 is 0 Å². The number of hydrogen-bond acceptors (Lipinski definition) is 4. The molecule has 0 saturated carbocycles. The van der Waals surface area contributed by atoms with Crippen LogP contribution in [0.2, 0.25) is 0 Å². The molecule has 2 heterocycles. The second-order valence-corrected chi connectivity index (χ2v) is 4.46. The van der Waals surface area contributed by atoms with E-state index in [9.17, 15) is 0 Å². The molecule has 0 spiro atoms. The first-order valence-electron chi connectivity index (χ1n) is 6.42. The van der Waals surface area contributed by atoms with Gasteiger partial charge < -0.3 is 14.7 Å². The van der Waals surface area contributed by atoms with E-state index in [1.807, 2.05) is 16.8 Å². The molecule has 1 aromatic carbocycles. The first-order chi connectivity index (χ1) is 9.30. The zero-order valence-electron chi connectivity index (χ0n) is 10.8. The van der Waals surface area contributed by atoms with E-state index in [1.165, 1.54) is 5.56 Å². The molecule has 0 bridgehead atoms. The van der Waals surface area contributed by atoms with Crippen LogP contribution in [-0.2, 0) is 13.0 Å². The molecule has 19 heavy (non-hydrogen) atoms. The Labute approximate surface area is 111 Å². The largest absolute Gasteiger partial charge is 0.435 e. The molecule has 0 atom stereocenters. The first kappa shape index (κ1) is 11.9. The average molecular weight is 256 g/mol. The third kappa shape index (κ3) is 2.24. The number of rotatable bonds is 4. The quantitative estimate of drug-likeness (QED) is 0.777. The number of nitrogens with two attached hydrogens (primary N) is 1. The van der Waals surface area contributed by atoms with Crippen molar-refractivity contribution in [1.82, 2.24) is 14.5 Å². The molecule has 98 valence electrons. The lowest BCUT2D eigenvalue weighted by Crippen LogP contribution is -2.07. The van der Waals surface area contributed by atoms with E-state index in [2.05, 4.69) is 29.0 Å². The molecule has 3 rings (SSSR count). The van der Waals surface area contributed by atoms with Crippen LogP contribution in [-0.4, -0.2) is 21.1 Å². The fourth-order valence-electron chi connectivity index (χ4n) is 2.04. The van der Waals surface area contributed by atoms with Crippen molar-refractivity contribution < 1.29 is 4.42 Å². The molecule has 0 aliphatic carbocycles. The van der Waals surface area contributed by atoms with Gasteiger partial charge in [0, 0.05) is 19.3 Å². The third-order valence-electron chi connectivity index (χ3n) is 3.10. The molecule has 0 amide bonds. The Balaban J connectivity index is 1.99. The Morgan fingerprint density at radius 3 is 3.05 bits per heavy atom. The lowest BCUT2D eigenvalue weighted by atomic mass is 10.1. The van der Waals surface area contributed by atoms with E-state index in [-0.39, 0.29) is 0 Å². The number of oxazole rings is 1. The fourth-order valence-corrected chi connectivity index (χ4v) is 2.04. The zero-order chi connectivity index (χ0) is 13.2. The molecule has 0 aliphatic rings. The molecule has 2 aromatic heterocycles. The van der Waals surface area contributed by atoms with Crippen molar-refractivity contribution in [2.45, 2.75) is 19.9 Å². The summed E-state index contributed by atoms with van der Waals surface area (Å²) in [6.07, 6.45) is 4.64. The minimum Gasteiger partial charge on any atom is -0.435 e.